The highest BCUT2D eigenvalue weighted by atomic mass is 16.5. The van der Waals surface area contributed by atoms with Gasteiger partial charge >= 0.3 is 0 Å². The molecule has 26 heavy (non-hydrogen) atoms. The molecule has 1 heterocycles. The van der Waals surface area contributed by atoms with E-state index >= 15 is 0 Å². The van der Waals surface area contributed by atoms with Crippen molar-refractivity contribution in [2.24, 2.45) is 12.0 Å². The van der Waals surface area contributed by atoms with Crippen LogP contribution in [0.15, 0.2) is 41.7 Å². The van der Waals surface area contributed by atoms with Gasteiger partial charge < -0.3 is 20.5 Å². The lowest BCUT2D eigenvalue weighted by molar-refractivity contribution is 0.0616. The van der Waals surface area contributed by atoms with Crippen LogP contribution in [0.2, 0.25) is 0 Å². The maximum atomic E-state index is 10.7. The number of aromatic nitrogens is 2. The fourth-order valence-corrected chi connectivity index (χ4v) is 2.47. The molecule has 0 saturated carbocycles. The van der Waals surface area contributed by atoms with Crippen molar-refractivity contribution in [1.29, 1.82) is 0 Å². The van der Waals surface area contributed by atoms with E-state index in [9.17, 15) is 5.11 Å². The van der Waals surface area contributed by atoms with E-state index in [1.165, 1.54) is 0 Å². The number of nitrogens with zero attached hydrogens (tertiary/aromatic N) is 3. The Labute approximate surface area is 155 Å². The number of ether oxygens (including phenoxy) is 1. The zero-order valence-corrected chi connectivity index (χ0v) is 16.0. The number of rotatable bonds is 8. The Hall–Kier alpha value is -2.54. The summed E-state index contributed by atoms with van der Waals surface area (Å²) in [6.45, 7) is 7.94. The fraction of sp³-hybridized carbons (Fsp3) is 0.474. The SMILES string of the molecule is CCNC(=NCc1cccc(OCC)c1)NCC(C)(O)c1cnn(C)c1. The Morgan fingerprint density at radius 2 is 2.15 bits per heavy atom. The maximum Gasteiger partial charge on any atom is 0.191 e. The number of guanidine groups is 1. The van der Waals surface area contributed by atoms with Gasteiger partial charge in [-0.1, -0.05) is 12.1 Å². The highest BCUT2D eigenvalue weighted by Crippen LogP contribution is 2.18. The minimum atomic E-state index is -1.04. The van der Waals surface area contributed by atoms with Crippen molar-refractivity contribution in [3.63, 3.8) is 0 Å². The van der Waals surface area contributed by atoms with Crippen LogP contribution in [0.4, 0.5) is 0 Å². The van der Waals surface area contributed by atoms with E-state index < -0.39 is 5.60 Å². The summed E-state index contributed by atoms with van der Waals surface area (Å²) in [4.78, 5) is 4.59. The Morgan fingerprint density at radius 3 is 2.81 bits per heavy atom. The lowest BCUT2D eigenvalue weighted by Crippen LogP contribution is -2.44. The van der Waals surface area contributed by atoms with Crippen LogP contribution in [0, 0.1) is 0 Å². The van der Waals surface area contributed by atoms with Crippen LogP contribution in [0.1, 0.15) is 31.9 Å². The molecule has 0 fully saturated rings. The topological polar surface area (TPSA) is 83.7 Å². The van der Waals surface area contributed by atoms with Crippen molar-refractivity contribution in [3.8, 4) is 5.75 Å². The first-order valence-electron chi connectivity index (χ1n) is 8.90. The Bertz CT molecular complexity index is 724. The second kappa shape index (κ2) is 9.24. The van der Waals surface area contributed by atoms with Crippen molar-refractivity contribution < 1.29 is 9.84 Å². The second-order valence-corrected chi connectivity index (χ2v) is 6.31. The van der Waals surface area contributed by atoms with E-state index in [-0.39, 0.29) is 0 Å². The molecule has 0 aliphatic heterocycles. The summed E-state index contributed by atoms with van der Waals surface area (Å²) in [5.74, 6) is 1.50. The molecule has 0 amide bonds. The first kappa shape index (κ1) is 19.8. The Kier molecular flexibility index (Phi) is 7.03. The quantitative estimate of drug-likeness (QED) is 0.494. The first-order valence-corrected chi connectivity index (χ1v) is 8.90. The van der Waals surface area contributed by atoms with Gasteiger partial charge in [-0.2, -0.15) is 5.10 Å². The summed E-state index contributed by atoms with van der Waals surface area (Å²) in [7, 11) is 1.83. The zero-order valence-electron chi connectivity index (χ0n) is 16.0. The molecule has 2 aromatic rings. The smallest absolute Gasteiger partial charge is 0.191 e. The van der Waals surface area contributed by atoms with Crippen LogP contribution in [-0.4, -0.2) is 40.5 Å². The molecule has 0 aliphatic carbocycles. The van der Waals surface area contributed by atoms with Gasteiger partial charge in [0.05, 0.1) is 25.9 Å². The van der Waals surface area contributed by atoms with Gasteiger partial charge in [0.25, 0.3) is 0 Å². The molecular formula is C19H29N5O2. The van der Waals surface area contributed by atoms with Crippen molar-refractivity contribution in [1.82, 2.24) is 20.4 Å². The number of nitrogens with one attached hydrogen (secondary N) is 2. The molecule has 0 bridgehead atoms. The molecular weight excluding hydrogens is 330 g/mol. The van der Waals surface area contributed by atoms with E-state index in [2.05, 4.69) is 20.7 Å². The third-order valence-corrected chi connectivity index (χ3v) is 3.90. The van der Waals surface area contributed by atoms with E-state index in [0.717, 1.165) is 23.4 Å². The summed E-state index contributed by atoms with van der Waals surface area (Å²) in [5, 5.41) is 21.2. The molecule has 2 rings (SSSR count). The molecule has 0 radical (unpaired) electrons. The third-order valence-electron chi connectivity index (χ3n) is 3.90. The Morgan fingerprint density at radius 1 is 1.35 bits per heavy atom. The maximum absolute atomic E-state index is 10.7. The summed E-state index contributed by atoms with van der Waals surface area (Å²) in [5.41, 5.74) is 0.777. The number of aliphatic hydroxyl groups is 1. The summed E-state index contributed by atoms with van der Waals surface area (Å²) in [6, 6.07) is 7.90. The summed E-state index contributed by atoms with van der Waals surface area (Å²) < 4.78 is 7.20. The zero-order chi connectivity index (χ0) is 19.0. The molecule has 1 unspecified atom stereocenters. The number of aliphatic imine (C=N–C) groups is 1. The van der Waals surface area contributed by atoms with Crippen molar-refractivity contribution in [3.05, 3.63) is 47.8 Å². The predicted octanol–water partition coefficient (Wildman–Crippen LogP) is 1.78. The van der Waals surface area contributed by atoms with E-state index in [1.807, 2.05) is 51.4 Å². The van der Waals surface area contributed by atoms with Crippen molar-refractivity contribution in [2.75, 3.05) is 19.7 Å². The molecule has 142 valence electrons. The van der Waals surface area contributed by atoms with Gasteiger partial charge in [-0.05, 0) is 38.5 Å². The normalized spacial score (nSPS) is 14.0. The fourth-order valence-electron chi connectivity index (χ4n) is 2.47. The molecule has 7 nitrogen and oxygen atoms in total. The molecule has 1 aromatic carbocycles. The minimum Gasteiger partial charge on any atom is -0.494 e. The van der Waals surface area contributed by atoms with Gasteiger partial charge in [0.2, 0.25) is 0 Å². The van der Waals surface area contributed by atoms with Crippen LogP contribution < -0.4 is 15.4 Å². The van der Waals surface area contributed by atoms with Crippen LogP contribution in [0.5, 0.6) is 5.75 Å². The van der Waals surface area contributed by atoms with Crippen molar-refractivity contribution in [2.45, 2.75) is 32.9 Å². The largest absolute Gasteiger partial charge is 0.494 e. The van der Waals surface area contributed by atoms with Crippen LogP contribution >= 0.6 is 0 Å². The highest BCUT2D eigenvalue weighted by Gasteiger charge is 2.24. The average Bonchev–Trinajstić information content (AvgIpc) is 3.05. The van der Waals surface area contributed by atoms with E-state index in [4.69, 9.17) is 4.74 Å². The molecule has 0 saturated heterocycles. The number of aryl methyl sites for hydroxylation is 1. The van der Waals surface area contributed by atoms with Gasteiger partial charge in [-0.25, -0.2) is 4.99 Å². The lowest BCUT2D eigenvalue weighted by Gasteiger charge is -2.23. The van der Waals surface area contributed by atoms with Gasteiger partial charge in [0.1, 0.15) is 11.4 Å². The van der Waals surface area contributed by atoms with Gasteiger partial charge in [0.15, 0.2) is 5.96 Å². The summed E-state index contributed by atoms with van der Waals surface area (Å²) >= 11 is 0. The molecule has 1 aromatic heterocycles. The molecule has 0 spiro atoms. The monoisotopic (exact) mass is 359 g/mol. The van der Waals surface area contributed by atoms with Crippen LogP contribution in [0.25, 0.3) is 0 Å². The molecule has 1 atom stereocenters. The van der Waals surface area contributed by atoms with Crippen LogP contribution in [0.3, 0.4) is 0 Å². The van der Waals surface area contributed by atoms with Gasteiger partial charge in [-0.3, -0.25) is 4.68 Å². The minimum absolute atomic E-state index is 0.323. The highest BCUT2D eigenvalue weighted by molar-refractivity contribution is 5.79. The van der Waals surface area contributed by atoms with E-state index in [1.54, 1.807) is 17.8 Å². The molecule has 7 heteroatoms. The van der Waals surface area contributed by atoms with Crippen molar-refractivity contribution >= 4 is 5.96 Å². The Balaban J connectivity index is 2.01. The van der Waals surface area contributed by atoms with E-state index in [0.29, 0.717) is 25.7 Å². The number of hydrogen-bond acceptors (Lipinski definition) is 4. The molecule has 3 N–H and O–H groups in total. The second-order valence-electron chi connectivity index (χ2n) is 6.31. The number of benzene rings is 1. The van der Waals surface area contributed by atoms with Crippen LogP contribution in [-0.2, 0) is 19.2 Å². The summed E-state index contributed by atoms with van der Waals surface area (Å²) in [6.07, 6.45) is 3.48. The van der Waals surface area contributed by atoms with Gasteiger partial charge in [-0.15, -0.1) is 0 Å². The predicted molar refractivity (Wildman–Crippen MR) is 103 cm³/mol. The lowest BCUT2D eigenvalue weighted by atomic mass is 10.00. The number of hydrogen-bond donors (Lipinski definition) is 3. The average molecular weight is 359 g/mol. The standard InChI is InChI=1S/C19H29N5O2/c1-5-20-18(21-11-15-8-7-9-17(10-15)26-6-2)22-14-19(3,25)16-12-23-24(4)13-16/h7-10,12-13,25H,5-6,11,14H2,1-4H3,(H2,20,21,22). The third kappa shape index (κ3) is 5.77. The first-order chi connectivity index (χ1) is 12.4. The van der Waals surface area contributed by atoms with Gasteiger partial charge in [0, 0.05) is 25.4 Å². The molecule has 0 aliphatic rings.